The van der Waals surface area contributed by atoms with Crippen LogP contribution in [0, 0.1) is 0 Å². The molecule has 0 bridgehead atoms. The first-order chi connectivity index (χ1) is 9.36. The summed E-state index contributed by atoms with van der Waals surface area (Å²) in [6, 6.07) is 0.523. The molecule has 0 spiro atoms. The molecular formula is C15H24N2S2. The molecule has 4 heteroatoms. The lowest BCUT2D eigenvalue weighted by Gasteiger charge is -2.21. The standard InChI is InChI=1S/C15H24N2S2/c1-2-16-12-8-5-9-13-15(12)17-14(19-13)10-18-11-6-3-4-7-11/h11-12,16H,2-10H2,1H3. The van der Waals surface area contributed by atoms with Gasteiger partial charge >= 0.3 is 0 Å². The van der Waals surface area contributed by atoms with E-state index >= 15 is 0 Å². The number of nitrogens with zero attached hydrogens (tertiary/aromatic N) is 1. The Labute approximate surface area is 124 Å². The molecule has 1 saturated carbocycles. The van der Waals surface area contributed by atoms with Crippen LogP contribution in [-0.4, -0.2) is 16.8 Å². The summed E-state index contributed by atoms with van der Waals surface area (Å²) in [5.41, 5.74) is 1.38. The van der Waals surface area contributed by atoms with E-state index in [1.807, 2.05) is 11.3 Å². The lowest BCUT2D eigenvalue weighted by molar-refractivity contribution is 0.465. The number of hydrogen-bond acceptors (Lipinski definition) is 4. The number of fused-ring (bicyclic) bond motifs is 1. The van der Waals surface area contributed by atoms with Crippen LogP contribution in [0.1, 0.15) is 67.1 Å². The zero-order chi connectivity index (χ0) is 13.1. The molecule has 0 radical (unpaired) electrons. The lowest BCUT2D eigenvalue weighted by Crippen LogP contribution is -2.24. The third-order valence-electron chi connectivity index (χ3n) is 4.19. The van der Waals surface area contributed by atoms with Crippen LogP contribution in [0.2, 0.25) is 0 Å². The van der Waals surface area contributed by atoms with Gasteiger partial charge in [-0.15, -0.1) is 11.3 Å². The average Bonchev–Trinajstić information content (AvgIpc) is 3.06. The van der Waals surface area contributed by atoms with Gasteiger partial charge in [0.25, 0.3) is 0 Å². The summed E-state index contributed by atoms with van der Waals surface area (Å²) in [5, 5.41) is 5.86. The average molecular weight is 297 g/mol. The molecule has 1 unspecified atom stereocenters. The first-order valence-corrected chi connectivity index (χ1v) is 9.56. The second-order valence-electron chi connectivity index (χ2n) is 5.64. The maximum Gasteiger partial charge on any atom is 0.103 e. The molecule has 1 atom stereocenters. The van der Waals surface area contributed by atoms with E-state index in [9.17, 15) is 0 Å². The van der Waals surface area contributed by atoms with Crippen LogP contribution in [-0.2, 0) is 12.2 Å². The molecule has 2 nitrogen and oxygen atoms in total. The van der Waals surface area contributed by atoms with Crippen LogP contribution in [0.25, 0.3) is 0 Å². The number of thiazole rings is 1. The van der Waals surface area contributed by atoms with Gasteiger partial charge in [-0.25, -0.2) is 4.98 Å². The molecule has 2 aliphatic rings. The van der Waals surface area contributed by atoms with Crippen molar-refractivity contribution in [2.75, 3.05) is 6.54 Å². The van der Waals surface area contributed by atoms with Crippen molar-refractivity contribution in [3.8, 4) is 0 Å². The number of nitrogens with one attached hydrogen (secondary N) is 1. The minimum Gasteiger partial charge on any atom is -0.309 e. The van der Waals surface area contributed by atoms with Crippen molar-refractivity contribution >= 4 is 23.1 Å². The fraction of sp³-hybridized carbons (Fsp3) is 0.800. The Morgan fingerprint density at radius 3 is 2.89 bits per heavy atom. The summed E-state index contributed by atoms with van der Waals surface area (Å²) >= 11 is 4.12. The Bertz CT molecular complexity index is 410. The van der Waals surface area contributed by atoms with Crippen molar-refractivity contribution in [3.63, 3.8) is 0 Å². The highest BCUT2D eigenvalue weighted by Gasteiger charge is 2.24. The summed E-state index contributed by atoms with van der Waals surface area (Å²) in [6.45, 7) is 3.24. The molecule has 0 amide bonds. The van der Waals surface area contributed by atoms with E-state index in [2.05, 4.69) is 24.0 Å². The summed E-state index contributed by atoms with van der Waals surface area (Å²) in [4.78, 5) is 6.50. The lowest BCUT2D eigenvalue weighted by atomic mass is 9.98. The number of hydrogen-bond donors (Lipinski definition) is 1. The molecule has 2 aliphatic carbocycles. The van der Waals surface area contributed by atoms with Crippen LogP contribution < -0.4 is 5.32 Å². The first-order valence-electron chi connectivity index (χ1n) is 7.70. The molecule has 1 fully saturated rings. The van der Waals surface area contributed by atoms with Gasteiger partial charge in [-0.05, 0) is 38.6 Å². The minimum atomic E-state index is 0.523. The van der Waals surface area contributed by atoms with E-state index in [-0.39, 0.29) is 0 Å². The van der Waals surface area contributed by atoms with E-state index in [0.717, 1.165) is 17.5 Å². The highest BCUT2D eigenvalue weighted by atomic mass is 32.2. The molecule has 1 aromatic rings. The van der Waals surface area contributed by atoms with Gasteiger partial charge in [-0.1, -0.05) is 19.8 Å². The molecule has 106 valence electrons. The van der Waals surface area contributed by atoms with Crippen LogP contribution in [0.4, 0.5) is 0 Å². The van der Waals surface area contributed by atoms with Crippen molar-refractivity contribution < 1.29 is 0 Å². The number of rotatable bonds is 5. The Morgan fingerprint density at radius 2 is 2.11 bits per heavy atom. The molecule has 19 heavy (non-hydrogen) atoms. The van der Waals surface area contributed by atoms with Gasteiger partial charge < -0.3 is 5.32 Å². The maximum atomic E-state index is 4.95. The van der Waals surface area contributed by atoms with Crippen molar-refractivity contribution in [2.45, 2.75) is 68.9 Å². The monoisotopic (exact) mass is 296 g/mol. The van der Waals surface area contributed by atoms with Crippen molar-refractivity contribution in [1.29, 1.82) is 0 Å². The molecule has 3 rings (SSSR count). The fourth-order valence-corrected chi connectivity index (χ4v) is 5.74. The Hall–Kier alpha value is -0.0600. The van der Waals surface area contributed by atoms with Gasteiger partial charge in [0, 0.05) is 15.9 Å². The zero-order valence-corrected chi connectivity index (χ0v) is 13.4. The van der Waals surface area contributed by atoms with Crippen LogP contribution >= 0.6 is 23.1 Å². The third-order valence-corrected chi connectivity index (χ3v) is 6.89. The molecule has 0 aromatic carbocycles. The second kappa shape index (κ2) is 6.59. The Kier molecular flexibility index (Phi) is 4.83. The van der Waals surface area contributed by atoms with Crippen LogP contribution in [0.3, 0.4) is 0 Å². The Balaban J connectivity index is 1.63. The molecule has 1 N–H and O–H groups in total. The minimum absolute atomic E-state index is 0.523. The van der Waals surface area contributed by atoms with Crippen LogP contribution in [0.5, 0.6) is 0 Å². The van der Waals surface area contributed by atoms with E-state index in [1.165, 1.54) is 55.6 Å². The zero-order valence-electron chi connectivity index (χ0n) is 11.8. The molecular weight excluding hydrogens is 272 g/mol. The summed E-state index contributed by atoms with van der Waals surface area (Å²) < 4.78 is 0. The van der Waals surface area contributed by atoms with E-state index in [1.54, 1.807) is 4.88 Å². The van der Waals surface area contributed by atoms with Gasteiger partial charge in [0.05, 0.1) is 11.7 Å². The van der Waals surface area contributed by atoms with Crippen molar-refractivity contribution in [2.24, 2.45) is 0 Å². The van der Waals surface area contributed by atoms with Gasteiger partial charge in [0.1, 0.15) is 5.01 Å². The van der Waals surface area contributed by atoms with Gasteiger partial charge in [-0.2, -0.15) is 11.8 Å². The summed E-state index contributed by atoms with van der Waals surface area (Å²) in [7, 11) is 0. The molecule has 0 aliphatic heterocycles. The van der Waals surface area contributed by atoms with E-state index < -0.39 is 0 Å². The molecule has 0 saturated heterocycles. The highest BCUT2D eigenvalue weighted by Crippen LogP contribution is 2.36. The maximum absolute atomic E-state index is 4.95. The molecule has 1 heterocycles. The highest BCUT2D eigenvalue weighted by molar-refractivity contribution is 7.99. The van der Waals surface area contributed by atoms with E-state index in [0.29, 0.717) is 6.04 Å². The second-order valence-corrected chi connectivity index (χ2v) is 8.09. The fourth-order valence-electron chi connectivity index (χ4n) is 3.22. The number of thioether (sulfide) groups is 1. The van der Waals surface area contributed by atoms with E-state index in [4.69, 9.17) is 4.98 Å². The van der Waals surface area contributed by atoms with Crippen LogP contribution in [0.15, 0.2) is 0 Å². The van der Waals surface area contributed by atoms with Crippen molar-refractivity contribution in [3.05, 3.63) is 15.6 Å². The third kappa shape index (κ3) is 3.34. The first kappa shape index (κ1) is 13.9. The van der Waals surface area contributed by atoms with Gasteiger partial charge in [0.2, 0.25) is 0 Å². The largest absolute Gasteiger partial charge is 0.309 e. The SMILES string of the molecule is CCNC1CCCc2sc(CSC3CCCC3)nc21. The quantitative estimate of drug-likeness (QED) is 0.876. The smallest absolute Gasteiger partial charge is 0.103 e. The summed E-state index contributed by atoms with van der Waals surface area (Å²) in [5.74, 6) is 1.14. The van der Waals surface area contributed by atoms with Gasteiger partial charge in [0.15, 0.2) is 0 Å². The molecule has 1 aromatic heterocycles. The Morgan fingerprint density at radius 1 is 1.26 bits per heavy atom. The van der Waals surface area contributed by atoms with Crippen molar-refractivity contribution in [1.82, 2.24) is 10.3 Å². The predicted molar refractivity (Wildman–Crippen MR) is 85.0 cm³/mol. The predicted octanol–water partition coefficient (Wildman–Crippen LogP) is 4.31. The normalized spacial score (nSPS) is 23.7. The topological polar surface area (TPSA) is 24.9 Å². The summed E-state index contributed by atoms with van der Waals surface area (Å²) in [6.07, 6.45) is 9.57. The number of aryl methyl sites for hydroxylation is 1. The van der Waals surface area contributed by atoms with Gasteiger partial charge in [-0.3, -0.25) is 0 Å². The number of aromatic nitrogens is 1.